The lowest BCUT2D eigenvalue weighted by molar-refractivity contribution is 0.128. The molecule has 0 saturated carbocycles. The van der Waals surface area contributed by atoms with E-state index >= 15 is 0 Å². The largest absolute Gasteiger partial charge is 0.374 e. The van der Waals surface area contributed by atoms with Crippen molar-refractivity contribution in [2.45, 2.75) is 26.9 Å². The highest BCUT2D eigenvalue weighted by Gasteiger charge is 2.05. The Balaban J connectivity index is 2.19. The highest BCUT2D eigenvalue weighted by molar-refractivity contribution is 5.37. The molecule has 0 unspecified atom stereocenters. The maximum absolute atomic E-state index is 5.40. The van der Waals surface area contributed by atoms with Crippen molar-refractivity contribution in [1.82, 2.24) is 15.0 Å². The normalized spacial score (nSPS) is 10.5. The number of anilines is 1. The second-order valence-electron chi connectivity index (χ2n) is 4.36. The molecular weight excluding hydrogens is 252 g/mol. The molecule has 2 rings (SSSR count). The zero-order chi connectivity index (χ0) is 14.2. The van der Waals surface area contributed by atoms with Crippen LogP contribution in [0.5, 0.6) is 0 Å². The first-order chi connectivity index (χ1) is 9.81. The first-order valence-electron chi connectivity index (χ1n) is 6.89. The topological polar surface area (TPSA) is 59.9 Å². The Morgan fingerprint density at radius 2 is 1.95 bits per heavy atom. The number of hydrogen-bond acceptors (Lipinski definition) is 5. The highest BCUT2D eigenvalue weighted by Crippen LogP contribution is 2.12. The van der Waals surface area contributed by atoms with E-state index in [-0.39, 0.29) is 0 Å². The van der Waals surface area contributed by atoms with E-state index in [9.17, 15) is 0 Å². The Morgan fingerprint density at radius 1 is 1.15 bits per heavy atom. The average molecular weight is 272 g/mol. The second-order valence-corrected chi connectivity index (χ2v) is 4.36. The van der Waals surface area contributed by atoms with Crippen molar-refractivity contribution in [3.05, 3.63) is 47.7 Å². The summed E-state index contributed by atoms with van der Waals surface area (Å²) in [6.45, 7) is 5.95. The predicted molar refractivity (Wildman–Crippen MR) is 78.6 cm³/mol. The standard InChI is InChI=1S/C15H20N4O/c1-3-17-14-10-13(9-12-5-7-16-8-6-12)18-15(19-14)11-20-4-2/h5-8,10H,3-4,9,11H2,1-2H3,(H,17,18,19). The summed E-state index contributed by atoms with van der Waals surface area (Å²) >= 11 is 0. The number of hydrogen-bond donors (Lipinski definition) is 1. The van der Waals surface area contributed by atoms with E-state index in [1.807, 2.05) is 32.0 Å². The van der Waals surface area contributed by atoms with Crippen LogP contribution in [0, 0.1) is 0 Å². The molecule has 1 N–H and O–H groups in total. The van der Waals surface area contributed by atoms with E-state index in [2.05, 4.69) is 20.3 Å². The molecule has 0 fully saturated rings. The Kier molecular flexibility index (Phi) is 5.43. The first-order valence-corrected chi connectivity index (χ1v) is 6.89. The molecule has 106 valence electrons. The maximum Gasteiger partial charge on any atom is 0.156 e. The molecule has 20 heavy (non-hydrogen) atoms. The molecule has 0 amide bonds. The van der Waals surface area contributed by atoms with Crippen LogP contribution in [0.3, 0.4) is 0 Å². The zero-order valence-corrected chi connectivity index (χ0v) is 12.0. The monoisotopic (exact) mass is 272 g/mol. The van der Waals surface area contributed by atoms with Gasteiger partial charge in [-0.05, 0) is 31.5 Å². The van der Waals surface area contributed by atoms with Crippen LogP contribution in [0.1, 0.15) is 30.9 Å². The van der Waals surface area contributed by atoms with Crippen molar-refractivity contribution < 1.29 is 4.74 Å². The summed E-state index contributed by atoms with van der Waals surface area (Å²) < 4.78 is 5.40. The van der Waals surface area contributed by atoms with Crippen LogP contribution in [0.15, 0.2) is 30.6 Å². The number of ether oxygens (including phenoxy) is 1. The van der Waals surface area contributed by atoms with Gasteiger partial charge >= 0.3 is 0 Å². The van der Waals surface area contributed by atoms with Gasteiger partial charge in [0.2, 0.25) is 0 Å². The Bertz CT molecular complexity index is 531. The van der Waals surface area contributed by atoms with Gasteiger partial charge in [0.15, 0.2) is 5.82 Å². The minimum atomic E-state index is 0.444. The van der Waals surface area contributed by atoms with Gasteiger partial charge in [0.1, 0.15) is 12.4 Å². The molecule has 0 aromatic carbocycles. The van der Waals surface area contributed by atoms with Gasteiger partial charge < -0.3 is 10.1 Å². The summed E-state index contributed by atoms with van der Waals surface area (Å²) in [6.07, 6.45) is 4.36. The fourth-order valence-corrected chi connectivity index (χ4v) is 1.88. The number of rotatable bonds is 7. The third-order valence-corrected chi connectivity index (χ3v) is 2.75. The van der Waals surface area contributed by atoms with Crippen LogP contribution >= 0.6 is 0 Å². The van der Waals surface area contributed by atoms with E-state index in [0.29, 0.717) is 19.0 Å². The third-order valence-electron chi connectivity index (χ3n) is 2.75. The molecule has 0 aliphatic carbocycles. The van der Waals surface area contributed by atoms with Gasteiger partial charge in [0, 0.05) is 38.0 Å². The van der Waals surface area contributed by atoms with E-state index in [1.54, 1.807) is 12.4 Å². The lowest BCUT2D eigenvalue weighted by atomic mass is 10.1. The van der Waals surface area contributed by atoms with Crippen LogP contribution in [0.25, 0.3) is 0 Å². The summed E-state index contributed by atoms with van der Waals surface area (Å²) in [7, 11) is 0. The van der Waals surface area contributed by atoms with Gasteiger partial charge in [-0.2, -0.15) is 0 Å². The minimum absolute atomic E-state index is 0.444. The number of aromatic nitrogens is 3. The van der Waals surface area contributed by atoms with Crippen molar-refractivity contribution >= 4 is 5.82 Å². The third kappa shape index (κ3) is 4.28. The fourth-order valence-electron chi connectivity index (χ4n) is 1.88. The Labute approximate surface area is 119 Å². The quantitative estimate of drug-likeness (QED) is 0.839. The van der Waals surface area contributed by atoms with Crippen LogP contribution < -0.4 is 5.32 Å². The van der Waals surface area contributed by atoms with E-state index < -0.39 is 0 Å². The van der Waals surface area contributed by atoms with E-state index in [1.165, 1.54) is 5.56 Å². The Hall–Kier alpha value is -2.01. The second kappa shape index (κ2) is 7.55. The molecule has 0 atom stereocenters. The molecular formula is C15H20N4O. The van der Waals surface area contributed by atoms with Crippen LogP contribution in [-0.2, 0) is 17.8 Å². The van der Waals surface area contributed by atoms with Crippen molar-refractivity contribution in [3.63, 3.8) is 0 Å². The molecule has 5 nitrogen and oxygen atoms in total. The minimum Gasteiger partial charge on any atom is -0.374 e. The van der Waals surface area contributed by atoms with Gasteiger partial charge in [-0.15, -0.1) is 0 Å². The zero-order valence-electron chi connectivity index (χ0n) is 12.0. The van der Waals surface area contributed by atoms with Gasteiger partial charge in [-0.3, -0.25) is 4.98 Å². The van der Waals surface area contributed by atoms with E-state index in [4.69, 9.17) is 4.74 Å². The highest BCUT2D eigenvalue weighted by atomic mass is 16.5. The van der Waals surface area contributed by atoms with Gasteiger partial charge in [-0.25, -0.2) is 9.97 Å². The number of pyridine rings is 1. The fraction of sp³-hybridized carbons (Fsp3) is 0.400. The van der Waals surface area contributed by atoms with E-state index in [0.717, 1.165) is 24.5 Å². The molecule has 2 aromatic rings. The van der Waals surface area contributed by atoms with Crippen molar-refractivity contribution in [1.29, 1.82) is 0 Å². The number of nitrogens with zero attached hydrogens (tertiary/aromatic N) is 3. The van der Waals surface area contributed by atoms with Crippen LogP contribution in [-0.4, -0.2) is 28.1 Å². The van der Waals surface area contributed by atoms with Crippen molar-refractivity contribution in [2.75, 3.05) is 18.5 Å². The molecule has 0 spiro atoms. The molecule has 0 aliphatic rings. The van der Waals surface area contributed by atoms with Crippen molar-refractivity contribution in [2.24, 2.45) is 0 Å². The Morgan fingerprint density at radius 3 is 2.65 bits per heavy atom. The van der Waals surface area contributed by atoms with Crippen LogP contribution in [0.2, 0.25) is 0 Å². The van der Waals surface area contributed by atoms with Gasteiger partial charge in [0.25, 0.3) is 0 Å². The molecule has 2 aromatic heterocycles. The predicted octanol–water partition coefficient (Wildman–Crippen LogP) is 2.43. The lowest BCUT2D eigenvalue weighted by Gasteiger charge is -2.09. The average Bonchev–Trinajstić information content (AvgIpc) is 2.46. The molecule has 0 saturated heterocycles. The SMILES string of the molecule is CCNc1cc(Cc2ccncc2)nc(COCC)n1. The molecule has 5 heteroatoms. The summed E-state index contributed by atoms with van der Waals surface area (Å²) in [5.41, 5.74) is 2.17. The molecule has 0 bridgehead atoms. The maximum atomic E-state index is 5.40. The number of nitrogens with one attached hydrogen (secondary N) is 1. The molecule has 2 heterocycles. The summed E-state index contributed by atoms with van der Waals surface area (Å²) in [5.74, 6) is 1.57. The smallest absolute Gasteiger partial charge is 0.156 e. The summed E-state index contributed by atoms with van der Waals surface area (Å²) in [6, 6.07) is 5.98. The van der Waals surface area contributed by atoms with Crippen molar-refractivity contribution in [3.8, 4) is 0 Å². The molecule has 0 aliphatic heterocycles. The van der Waals surface area contributed by atoms with Gasteiger partial charge in [-0.1, -0.05) is 0 Å². The lowest BCUT2D eigenvalue weighted by Crippen LogP contribution is -2.08. The summed E-state index contributed by atoms with van der Waals surface area (Å²) in [5, 5.41) is 3.23. The summed E-state index contributed by atoms with van der Waals surface area (Å²) in [4.78, 5) is 13.0. The van der Waals surface area contributed by atoms with Gasteiger partial charge in [0.05, 0.1) is 5.69 Å². The first kappa shape index (κ1) is 14.4. The van der Waals surface area contributed by atoms with Crippen LogP contribution in [0.4, 0.5) is 5.82 Å². The molecule has 0 radical (unpaired) electrons.